The van der Waals surface area contributed by atoms with E-state index < -0.39 is 0 Å². The van der Waals surface area contributed by atoms with E-state index in [1.165, 1.54) is 0 Å². The lowest BCUT2D eigenvalue weighted by Crippen LogP contribution is -2.28. The summed E-state index contributed by atoms with van der Waals surface area (Å²) in [6.45, 7) is 0. The Labute approximate surface area is 81.4 Å². The molecule has 0 spiro atoms. The molecule has 0 aliphatic carbocycles. The maximum absolute atomic E-state index is 10.5. The fourth-order valence-corrected chi connectivity index (χ4v) is 1.78. The van der Waals surface area contributed by atoms with Crippen LogP contribution in [0.15, 0.2) is 6.20 Å². The summed E-state index contributed by atoms with van der Waals surface area (Å²) in [6.07, 6.45) is 3.42. The van der Waals surface area contributed by atoms with Gasteiger partial charge in [0, 0.05) is 24.5 Å². The molecule has 2 N–H and O–H groups in total. The zero-order valence-electron chi connectivity index (χ0n) is 7.70. The second kappa shape index (κ2) is 4.94. The molecule has 1 aromatic heterocycles. The van der Waals surface area contributed by atoms with E-state index >= 15 is 0 Å². The highest BCUT2D eigenvalue weighted by molar-refractivity contribution is 7.15. The summed E-state index contributed by atoms with van der Waals surface area (Å²) in [5.41, 5.74) is 0. The highest BCUT2D eigenvalue weighted by Gasteiger charge is 2.07. The summed E-state index contributed by atoms with van der Waals surface area (Å²) in [4.78, 5) is 15.8. The van der Waals surface area contributed by atoms with Crippen LogP contribution in [0.2, 0.25) is 0 Å². The average molecular weight is 199 g/mol. The molecule has 1 atom stereocenters. The number of carbonyl (C=O) groups excluding carboxylic acids is 1. The number of aldehydes is 1. The molecule has 0 aliphatic rings. The van der Waals surface area contributed by atoms with Gasteiger partial charge in [0.05, 0.1) is 6.04 Å². The van der Waals surface area contributed by atoms with Gasteiger partial charge < -0.3 is 15.4 Å². The first-order valence-electron chi connectivity index (χ1n) is 4.05. The summed E-state index contributed by atoms with van der Waals surface area (Å²) >= 11 is 1.57. The monoisotopic (exact) mass is 199 g/mol. The highest BCUT2D eigenvalue weighted by atomic mass is 32.1. The minimum Gasteiger partial charge on any atom is -0.365 e. The van der Waals surface area contributed by atoms with E-state index in [-0.39, 0.29) is 6.04 Å². The number of rotatable bonds is 5. The number of hydrogen-bond donors (Lipinski definition) is 2. The van der Waals surface area contributed by atoms with Gasteiger partial charge in [0.2, 0.25) is 0 Å². The van der Waals surface area contributed by atoms with Crippen LogP contribution >= 0.6 is 11.3 Å². The van der Waals surface area contributed by atoms with Crippen molar-refractivity contribution in [3.8, 4) is 0 Å². The van der Waals surface area contributed by atoms with Gasteiger partial charge in [-0.2, -0.15) is 0 Å². The molecule has 0 aliphatic heterocycles. The first kappa shape index (κ1) is 10.1. The van der Waals surface area contributed by atoms with Crippen molar-refractivity contribution in [1.29, 1.82) is 0 Å². The third-order valence-electron chi connectivity index (χ3n) is 1.72. The number of aromatic nitrogens is 1. The number of likely N-dealkylation sites (N-methyl/N-ethyl adjacent to an activating group) is 1. The molecule has 0 radical (unpaired) electrons. The lowest BCUT2D eigenvalue weighted by Gasteiger charge is -2.04. The Kier molecular flexibility index (Phi) is 3.85. The topological polar surface area (TPSA) is 54.0 Å². The molecule has 0 unspecified atom stereocenters. The van der Waals surface area contributed by atoms with Gasteiger partial charge in [0.15, 0.2) is 5.13 Å². The number of nitrogens with one attached hydrogen (secondary N) is 2. The van der Waals surface area contributed by atoms with Crippen LogP contribution in [0.25, 0.3) is 0 Å². The summed E-state index contributed by atoms with van der Waals surface area (Å²) in [5, 5.41) is 6.76. The van der Waals surface area contributed by atoms with Crippen molar-refractivity contribution in [3.63, 3.8) is 0 Å². The molecule has 72 valence electrons. The molecule has 0 bridgehead atoms. The molecule has 1 rings (SSSR count). The summed E-state index contributed by atoms with van der Waals surface area (Å²) in [7, 11) is 3.61. The standard InChI is InChI=1S/C8H13N3OS/c1-9-6(5-12)3-7-4-11-8(10-2)13-7/h4-6,9H,3H2,1-2H3,(H,10,11)/t6-/m1/s1. The van der Waals surface area contributed by atoms with Crippen molar-refractivity contribution >= 4 is 22.8 Å². The zero-order chi connectivity index (χ0) is 9.68. The minimum absolute atomic E-state index is 0.106. The first-order chi connectivity index (χ1) is 6.30. The SMILES string of the molecule is CNc1ncc(C[C@H](C=O)NC)s1. The van der Waals surface area contributed by atoms with Crippen molar-refractivity contribution < 1.29 is 4.79 Å². The van der Waals surface area contributed by atoms with E-state index in [0.717, 1.165) is 16.3 Å². The Hall–Kier alpha value is -0.940. The van der Waals surface area contributed by atoms with Gasteiger partial charge in [-0.3, -0.25) is 0 Å². The van der Waals surface area contributed by atoms with Gasteiger partial charge in [-0.25, -0.2) is 4.98 Å². The van der Waals surface area contributed by atoms with Gasteiger partial charge in [-0.1, -0.05) is 0 Å². The van der Waals surface area contributed by atoms with E-state index in [9.17, 15) is 4.79 Å². The van der Waals surface area contributed by atoms with Gasteiger partial charge in [-0.05, 0) is 7.05 Å². The van der Waals surface area contributed by atoms with E-state index in [0.29, 0.717) is 6.42 Å². The fourth-order valence-electron chi connectivity index (χ4n) is 0.952. The van der Waals surface area contributed by atoms with Crippen LogP contribution in [-0.2, 0) is 11.2 Å². The molecule has 0 saturated heterocycles. The largest absolute Gasteiger partial charge is 0.365 e. The molecule has 0 aromatic carbocycles. The molecular weight excluding hydrogens is 186 g/mol. The van der Waals surface area contributed by atoms with Crippen LogP contribution in [0.1, 0.15) is 4.88 Å². The normalized spacial score (nSPS) is 12.5. The number of hydrogen-bond acceptors (Lipinski definition) is 5. The Morgan fingerprint density at radius 1 is 1.69 bits per heavy atom. The second-order valence-electron chi connectivity index (χ2n) is 2.62. The fraction of sp³-hybridized carbons (Fsp3) is 0.500. The summed E-state index contributed by atoms with van der Waals surface area (Å²) < 4.78 is 0. The van der Waals surface area contributed by atoms with Crippen LogP contribution in [-0.4, -0.2) is 31.4 Å². The molecule has 13 heavy (non-hydrogen) atoms. The van der Waals surface area contributed by atoms with Gasteiger partial charge in [-0.15, -0.1) is 11.3 Å². The van der Waals surface area contributed by atoms with Crippen molar-refractivity contribution in [2.45, 2.75) is 12.5 Å². The van der Waals surface area contributed by atoms with Crippen LogP contribution < -0.4 is 10.6 Å². The van der Waals surface area contributed by atoms with Crippen molar-refractivity contribution in [2.24, 2.45) is 0 Å². The van der Waals surface area contributed by atoms with Gasteiger partial charge in [0.25, 0.3) is 0 Å². The predicted molar refractivity (Wildman–Crippen MR) is 54.3 cm³/mol. The average Bonchev–Trinajstić information content (AvgIpc) is 2.61. The van der Waals surface area contributed by atoms with Crippen LogP contribution in [0, 0.1) is 0 Å². The summed E-state index contributed by atoms with van der Waals surface area (Å²) in [6, 6.07) is -0.106. The molecule has 4 nitrogen and oxygen atoms in total. The van der Waals surface area contributed by atoms with Crippen molar-refractivity contribution in [2.75, 3.05) is 19.4 Å². The molecule has 5 heteroatoms. The Morgan fingerprint density at radius 3 is 2.92 bits per heavy atom. The molecular formula is C8H13N3OS. The number of anilines is 1. The lowest BCUT2D eigenvalue weighted by atomic mass is 10.2. The Balaban J connectivity index is 2.57. The minimum atomic E-state index is -0.106. The Bertz CT molecular complexity index is 274. The molecule has 0 saturated carbocycles. The third-order valence-corrected chi connectivity index (χ3v) is 2.76. The van der Waals surface area contributed by atoms with Crippen molar-refractivity contribution in [3.05, 3.63) is 11.1 Å². The quantitative estimate of drug-likeness (QED) is 0.679. The van der Waals surface area contributed by atoms with E-state index in [1.807, 2.05) is 7.05 Å². The van der Waals surface area contributed by atoms with Crippen molar-refractivity contribution in [1.82, 2.24) is 10.3 Å². The maximum atomic E-state index is 10.5. The predicted octanol–water partition coefficient (Wildman–Crippen LogP) is 0.514. The summed E-state index contributed by atoms with van der Waals surface area (Å²) in [5.74, 6) is 0. The van der Waals surface area contributed by atoms with Crippen LogP contribution in [0.4, 0.5) is 5.13 Å². The second-order valence-corrected chi connectivity index (χ2v) is 3.73. The van der Waals surface area contributed by atoms with Gasteiger partial charge in [0.1, 0.15) is 6.29 Å². The number of nitrogens with zero attached hydrogens (tertiary/aromatic N) is 1. The highest BCUT2D eigenvalue weighted by Crippen LogP contribution is 2.18. The first-order valence-corrected chi connectivity index (χ1v) is 4.86. The zero-order valence-corrected chi connectivity index (χ0v) is 8.52. The van der Waals surface area contributed by atoms with Gasteiger partial charge >= 0.3 is 0 Å². The Morgan fingerprint density at radius 2 is 2.46 bits per heavy atom. The number of carbonyl (C=O) groups is 1. The third kappa shape index (κ3) is 2.78. The molecule has 1 aromatic rings. The van der Waals surface area contributed by atoms with E-state index in [1.54, 1.807) is 24.6 Å². The number of thiazole rings is 1. The van der Waals surface area contributed by atoms with E-state index in [4.69, 9.17) is 0 Å². The van der Waals surface area contributed by atoms with Crippen LogP contribution in [0.3, 0.4) is 0 Å². The molecule has 0 amide bonds. The maximum Gasteiger partial charge on any atom is 0.182 e. The smallest absolute Gasteiger partial charge is 0.182 e. The molecule has 0 fully saturated rings. The molecule has 1 heterocycles. The van der Waals surface area contributed by atoms with E-state index in [2.05, 4.69) is 15.6 Å². The van der Waals surface area contributed by atoms with Crippen LogP contribution in [0.5, 0.6) is 0 Å². The lowest BCUT2D eigenvalue weighted by molar-refractivity contribution is -0.109.